The number of para-hydroxylation sites is 1. The number of fused-ring (bicyclic) bond motifs is 2. The van der Waals surface area contributed by atoms with Gasteiger partial charge in [-0.1, -0.05) is 36.4 Å². The zero-order valence-electron chi connectivity index (χ0n) is 17.8. The lowest BCUT2D eigenvalue weighted by molar-refractivity contribution is 0.0596. The van der Waals surface area contributed by atoms with Gasteiger partial charge in [-0.2, -0.15) is 0 Å². The van der Waals surface area contributed by atoms with E-state index in [0.29, 0.717) is 23.8 Å². The third-order valence-corrected chi connectivity index (χ3v) is 6.23. The summed E-state index contributed by atoms with van der Waals surface area (Å²) in [5.41, 5.74) is 2.03. The zero-order chi connectivity index (χ0) is 21.2. The molecule has 32 heavy (non-hydrogen) atoms. The topological polar surface area (TPSA) is 77.3 Å². The molecule has 0 radical (unpaired) electrons. The number of rotatable bonds is 6. The number of aliphatic hydroxyl groups excluding tert-OH is 1. The molecule has 0 spiro atoms. The molecule has 0 saturated carbocycles. The number of piperidine rings is 1. The summed E-state index contributed by atoms with van der Waals surface area (Å²) in [5, 5.41) is 13.5. The average molecular weight is 438 g/mol. The molecule has 0 aliphatic carbocycles. The normalized spacial score (nSPS) is 16.2. The first-order valence-corrected chi connectivity index (χ1v) is 10.8. The van der Waals surface area contributed by atoms with Crippen LogP contribution >= 0.6 is 0 Å². The smallest absolute Gasteiger partial charge is 0.175 e. The van der Waals surface area contributed by atoms with Gasteiger partial charge in [-0.3, -0.25) is 0 Å². The number of furan rings is 1. The minimum atomic E-state index is -0.558. The second-order valence-corrected chi connectivity index (χ2v) is 8.39. The van der Waals surface area contributed by atoms with Crippen molar-refractivity contribution in [1.82, 2.24) is 4.90 Å². The fraction of sp³-hybridized carbons (Fsp3) is 0.308. The number of hydrogen-bond acceptors (Lipinski definition) is 4. The number of halogens is 1. The Morgan fingerprint density at radius 3 is 2.62 bits per heavy atom. The van der Waals surface area contributed by atoms with Gasteiger partial charge in [0.25, 0.3) is 0 Å². The largest absolute Gasteiger partial charge is 0.487 e. The molecule has 5 rings (SSSR count). The van der Waals surface area contributed by atoms with Crippen LogP contribution in [0.1, 0.15) is 24.3 Å². The minimum Gasteiger partial charge on any atom is -0.487 e. The van der Waals surface area contributed by atoms with Crippen LogP contribution in [-0.2, 0) is 0 Å². The summed E-state index contributed by atoms with van der Waals surface area (Å²) in [7, 11) is 0. The highest BCUT2D eigenvalue weighted by Gasteiger charge is 2.23. The SMILES string of the molecule is O.O[C@H](COc1cccc2ccoc12)CN1CCC(c2ccc3cc(F)ccc3c2)CC1. The lowest BCUT2D eigenvalue weighted by Gasteiger charge is -2.33. The lowest BCUT2D eigenvalue weighted by Crippen LogP contribution is -2.40. The predicted molar refractivity (Wildman–Crippen MR) is 124 cm³/mol. The van der Waals surface area contributed by atoms with Crippen molar-refractivity contribution in [3.63, 3.8) is 0 Å². The van der Waals surface area contributed by atoms with E-state index in [1.807, 2.05) is 36.4 Å². The van der Waals surface area contributed by atoms with Crippen molar-refractivity contribution in [3.8, 4) is 5.75 Å². The highest BCUT2D eigenvalue weighted by atomic mass is 19.1. The number of β-amino-alcohol motifs (C(OH)–C–C–N with tert-alkyl or cyclic N) is 1. The van der Waals surface area contributed by atoms with Crippen LogP contribution in [0.5, 0.6) is 5.75 Å². The highest BCUT2D eigenvalue weighted by Crippen LogP contribution is 2.31. The molecular weight excluding hydrogens is 409 g/mol. The molecule has 3 aromatic carbocycles. The van der Waals surface area contributed by atoms with Crippen molar-refractivity contribution in [2.45, 2.75) is 24.9 Å². The number of nitrogens with zero attached hydrogens (tertiary/aromatic N) is 1. The van der Waals surface area contributed by atoms with Gasteiger partial charge in [0, 0.05) is 11.9 Å². The van der Waals surface area contributed by atoms with Crippen LogP contribution in [0, 0.1) is 5.82 Å². The summed E-state index contributed by atoms with van der Waals surface area (Å²) in [4.78, 5) is 2.30. The molecule has 2 heterocycles. The first kappa shape index (κ1) is 22.3. The molecule has 1 fully saturated rings. The molecule has 1 aliphatic rings. The summed E-state index contributed by atoms with van der Waals surface area (Å²) in [6, 6.07) is 18.9. The second kappa shape index (κ2) is 9.69. The fourth-order valence-corrected chi connectivity index (χ4v) is 4.55. The molecule has 3 N–H and O–H groups in total. The van der Waals surface area contributed by atoms with E-state index in [4.69, 9.17) is 9.15 Å². The molecule has 1 aromatic heterocycles. The maximum atomic E-state index is 13.4. The van der Waals surface area contributed by atoms with Crippen molar-refractivity contribution >= 4 is 21.7 Å². The van der Waals surface area contributed by atoms with E-state index in [2.05, 4.69) is 17.0 Å². The van der Waals surface area contributed by atoms with Gasteiger partial charge in [0.2, 0.25) is 0 Å². The van der Waals surface area contributed by atoms with Gasteiger partial charge in [-0.05, 0) is 72.5 Å². The van der Waals surface area contributed by atoms with Gasteiger partial charge in [-0.25, -0.2) is 4.39 Å². The molecule has 1 atom stereocenters. The minimum absolute atomic E-state index is 0. The molecule has 6 heteroatoms. The van der Waals surface area contributed by atoms with Gasteiger partial charge in [0.1, 0.15) is 18.5 Å². The van der Waals surface area contributed by atoms with E-state index in [9.17, 15) is 9.50 Å². The maximum absolute atomic E-state index is 13.4. The maximum Gasteiger partial charge on any atom is 0.175 e. The molecule has 168 valence electrons. The monoisotopic (exact) mass is 437 g/mol. The number of likely N-dealkylation sites (tertiary alicyclic amines) is 1. The fourth-order valence-electron chi connectivity index (χ4n) is 4.55. The van der Waals surface area contributed by atoms with Crippen LogP contribution in [0.3, 0.4) is 0 Å². The average Bonchev–Trinajstić information content (AvgIpc) is 3.27. The Balaban J connectivity index is 0.00000245. The Hall–Kier alpha value is -2.93. The molecule has 4 aromatic rings. The third-order valence-electron chi connectivity index (χ3n) is 6.23. The molecule has 0 bridgehead atoms. The molecule has 1 saturated heterocycles. The van der Waals surface area contributed by atoms with Crippen molar-refractivity contribution < 1.29 is 24.1 Å². The van der Waals surface area contributed by atoms with E-state index < -0.39 is 6.10 Å². The van der Waals surface area contributed by atoms with Crippen LogP contribution < -0.4 is 4.74 Å². The zero-order valence-corrected chi connectivity index (χ0v) is 17.8. The Morgan fingerprint density at radius 2 is 1.78 bits per heavy atom. The van der Waals surface area contributed by atoms with E-state index in [-0.39, 0.29) is 17.9 Å². The van der Waals surface area contributed by atoms with Gasteiger partial charge < -0.3 is 24.6 Å². The van der Waals surface area contributed by atoms with Gasteiger partial charge in [-0.15, -0.1) is 0 Å². The van der Waals surface area contributed by atoms with Crippen LogP contribution in [0.25, 0.3) is 21.7 Å². The Morgan fingerprint density at radius 1 is 1.00 bits per heavy atom. The molecular formula is C26H28FNO4. The van der Waals surface area contributed by atoms with Crippen LogP contribution in [-0.4, -0.2) is 47.8 Å². The Kier molecular flexibility index (Phi) is 6.74. The van der Waals surface area contributed by atoms with Crippen molar-refractivity contribution in [2.75, 3.05) is 26.2 Å². The van der Waals surface area contributed by atoms with Gasteiger partial charge in [0.05, 0.1) is 6.26 Å². The van der Waals surface area contributed by atoms with E-state index in [0.717, 1.165) is 42.1 Å². The quantitative estimate of drug-likeness (QED) is 0.481. The highest BCUT2D eigenvalue weighted by molar-refractivity contribution is 5.83. The Labute approximate surface area is 186 Å². The molecule has 5 nitrogen and oxygen atoms in total. The van der Waals surface area contributed by atoms with Crippen molar-refractivity contribution in [3.05, 3.63) is 78.3 Å². The number of hydrogen-bond donors (Lipinski definition) is 1. The van der Waals surface area contributed by atoms with Gasteiger partial charge >= 0.3 is 0 Å². The lowest BCUT2D eigenvalue weighted by atomic mass is 9.88. The van der Waals surface area contributed by atoms with E-state index in [1.54, 1.807) is 12.3 Å². The number of benzene rings is 3. The number of ether oxygens (including phenoxy) is 1. The summed E-state index contributed by atoms with van der Waals surface area (Å²) >= 11 is 0. The number of aliphatic hydroxyl groups is 1. The first-order valence-electron chi connectivity index (χ1n) is 10.8. The third kappa shape index (κ3) is 4.78. The van der Waals surface area contributed by atoms with Crippen LogP contribution in [0.2, 0.25) is 0 Å². The summed E-state index contributed by atoms with van der Waals surface area (Å²) in [6.45, 7) is 2.72. The van der Waals surface area contributed by atoms with Crippen molar-refractivity contribution in [1.29, 1.82) is 0 Å². The molecule has 1 aliphatic heterocycles. The van der Waals surface area contributed by atoms with E-state index >= 15 is 0 Å². The van der Waals surface area contributed by atoms with Gasteiger partial charge in [0.15, 0.2) is 11.3 Å². The molecule has 0 amide bonds. The van der Waals surface area contributed by atoms with E-state index in [1.165, 1.54) is 11.6 Å². The van der Waals surface area contributed by atoms with Crippen molar-refractivity contribution in [2.24, 2.45) is 0 Å². The predicted octanol–water partition coefficient (Wildman–Crippen LogP) is 4.52. The summed E-state index contributed by atoms with van der Waals surface area (Å²) in [5.74, 6) is 0.962. The van der Waals surface area contributed by atoms with Crippen LogP contribution in [0.15, 0.2) is 71.3 Å². The summed E-state index contributed by atoms with van der Waals surface area (Å²) < 4.78 is 24.7. The summed E-state index contributed by atoms with van der Waals surface area (Å²) in [6.07, 6.45) is 3.18. The first-order chi connectivity index (χ1) is 15.2. The Bertz CT molecular complexity index is 1180. The molecule has 0 unspecified atom stereocenters. The second-order valence-electron chi connectivity index (χ2n) is 8.39. The standard InChI is InChI=1S/C26H26FNO3.H2O/c27-23-7-6-21-14-20(4-5-22(21)15-23)18-8-11-28(12-9-18)16-24(29)17-31-25-3-1-2-19-10-13-30-26(19)25;/h1-7,10,13-15,18,24,29H,8-9,11-12,16-17H2;1H2/t24-;/m0./s1. The van der Waals surface area contributed by atoms with Crippen LogP contribution in [0.4, 0.5) is 4.39 Å².